The average molecular weight is 248 g/mol. The van der Waals surface area contributed by atoms with Crippen molar-refractivity contribution in [2.45, 2.75) is 46.1 Å². The second-order valence-electron chi connectivity index (χ2n) is 5.09. The van der Waals surface area contributed by atoms with E-state index in [0.717, 1.165) is 26.2 Å². The Morgan fingerprint density at radius 3 is 1.94 bits per heavy atom. The Labute approximate surface area is 104 Å². The molecule has 2 nitrogen and oxygen atoms in total. The van der Waals surface area contributed by atoms with Crippen molar-refractivity contribution in [3.05, 3.63) is 0 Å². The van der Waals surface area contributed by atoms with E-state index in [1.807, 2.05) is 13.8 Å². The highest BCUT2D eigenvalue weighted by Gasteiger charge is 2.56. The summed E-state index contributed by atoms with van der Waals surface area (Å²) >= 11 is 0. The van der Waals surface area contributed by atoms with E-state index in [1.165, 1.54) is 0 Å². The summed E-state index contributed by atoms with van der Waals surface area (Å²) in [6, 6.07) is 0.578. The van der Waals surface area contributed by atoms with Crippen molar-refractivity contribution in [3.63, 3.8) is 0 Å². The molecule has 17 heavy (non-hydrogen) atoms. The molecule has 1 heterocycles. The molecule has 1 aliphatic carbocycles. The first-order chi connectivity index (χ1) is 7.99. The summed E-state index contributed by atoms with van der Waals surface area (Å²) < 4.78 is 25.4. The molecule has 0 radical (unpaired) electrons. The molecule has 2 rings (SSSR count). The standard InChI is InChI=1S/C11H20F2N2.C2H6/c1-9(2)15-5-3-14(4-6-15)8-10-7-11(10,12)13;1-2/h9-10H,3-8H2,1-2H3;1-2H3. The fourth-order valence-electron chi connectivity index (χ4n) is 2.24. The highest BCUT2D eigenvalue weighted by molar-refractivity contribution is 4.97. The van der Waals surface area contributed by atoms with E-state index in [9.17, 15) is 8.78 Å². The van der Waals surface area contributed by atoms with Gasteiger partial charge in [0.2, 0.25) is 0 Å². The number of halogens is 2. The molecule has 2 aliphatic rings. The topological polar surface area (TPSA) is 6.48 Å². The normalized spacial score (nSPS) is 28.8. The SMILES string of the molecule is CC.CC(C)N1CCN(CC2CC2(F)F)CC1. The number of alkyl halides is 2. The van der Waals surface area contributed by atoms with E-state index >= 15 is 0 Å². The van der Waals surface area contributed by atoms with Gasteiger partial charge < -0.3 is 4.90 Å². The van der Waals surface area contributed by atoms with Crippen LogP contribution in [0.15, 0.2) is 0 Å². The van der Waals surface area contributed by atoms with Crippen LogP contribution in [0.25, 0.3) is 0 Å². The summed E-state index contributed by atoms with van der Waals surface area (Å²) in [6.07, 6.45) is 0.109. The van der Waals surface area contributed by atoms with Crippen molar-refractivity contribution in [1.82, 2.24) is 9.80 Å². The molecule has 1 saturated heterocycles. The summed E-state index contributed by atoms with van der Waals surface area (Å²) in [5, 5.41) is 0. The fraction of sp³-hybridized carbons (Fsp3) is 1.00. The second-order valence-corrected chi connectivity index (χ2v) is 5.09. The van der Waals surface area contributed by atoms with Gasteiger partial charge in [-0.15, -0.1) is 0 Å². The highest BCUT2D eigenvalue weighted by atomic mass is 19.3. The smallest absolute Gasteiger partial charge is 0.252 e. The van der Waals surface area contributed by atoms with Crippen molar-refractivity contribution in [2.75, 3.05) is 32.7 Å². The van der Waals surface area contributed by atoms with Crippen molar-refractivity contribution >= 4 is 0 Å². The van der Waals surface area contributed by atoms with Gasteiger partial charge in [-0.2, -0.15) is 0 Å². The van der Waals surface area contributed by atoms with E-state index in [1.54, 1.807) is 0 Å². The van der Waals surface area contributed by atoms with E-state index in [-0.39, 0.29) is 12.3 Å². The molecular formula is C13H26F2N2. The first-order valence-electron chi connectivity index (χ1n) is 6.83. The summed E-state index contributed by atoms with van der Waals surface area (Å²) in [4.78, 5) is 4.59. The van der Waals surface area contributed by atoms with Gasteiger partial charge in [-0.05, 0) is 13.8 Å². The molecule has 0 aromatic carbocycles. The summed E-state index contributed by atoms with van der Waals surface area (Å²) in [6.45, 7) is 12.9. The zero-order valence-electron chi connectivity index (χ0n) is 11.5. The van der Waals surface area contributed by atoms with Gasteiger partial charge in [-0.25, -0.2) is 8.78 Å². The predicted molar refractivity (Wildman–Crippen MR) is 67.6 cm³/mol. The molecule has 0 bridgehead atoms. The zero-order chi connectivity index (χ0) is 13.1. The fourth-order valence-corrected chi connectivity index (χ4v) is 2.24. The molecule has 0 aromatic rings. The van der Waals surface area contributed by atoms with Crippen LogP contribution in [0.2, 0.25) is 0 Å². The maximum Gasteiger partial charge on any atom is 0.252 e. The third-order valence-corrected chi connectivity index (χ3v) is 3.57. The van der Waals surface area contributed by atoms with Crippen molar-refractivity contribution in [1.29, 1.82) is 0 Å². The molecule has 0 aromatic heterocycles. The van der Waals surface area contributed by atoms with Gasteiger partial charge in [-0.3, -0.25) is 4.90 Å². The average Bonchev–Trinajstić information content (AvgIpc) is 2.89. The number of hydrogen-bond donors (Lipinski definition) is 0. The molecule has 1 aliphatic heterocycles. The molecule has 1 unspecified atom stereocenters. The highest BCUT2D eigenvalue weighted by Crippen LogP contribution is 2.48. The summed E-state index contributed by atoms with van der Waals surface area (Å²) in [5.74, 6) is -2.71. The Balaban J connectivity index is 0.000000686. The molecule has 102 valence electrons. The van der Waals surface area contributed by atoms with Gasteiger partial charge in [0, 0.05) is 51.1 Å². The van der Waals surface area contributed by atoms with Gasteiger partial charge in [0.05, 0.1) is 0 Å². The van der Waals surface area contributed by atoms with E-state index in [0.29, 0.717) is 12.6 Å². The van der Waals surface area contributed by atoms with Crippen LogP contribution in [0.4, 0.5) is 8.78 Å². The van der Waals surface area contributed by atoms with Gasteiger partial charge in [0.25, 0.3) is 5.92 Å². The van der Waals surface area contributed by atoms with Crippen molar-refractivity contribution < 1.29 is 8.78 Å². The minimum Gasteiger partial charge on any atom is -0.300 e. The maximum atomic E-state index is 12.7. The predicted octanol–water partition coefficient (Wildman–Crippen LogP) is 2.69. The lowest BCUT2D eigenvalue weighted by Gasteiger charge is -2.36. The summed E-state index contributed by atoms with van der Waals surface area (Å²) in [5.41, 5.74) is 0. The van der Waals surface area contributed by atoms with Crippen LogP contribution in [-0.2, 0) is 0 Å². The first-order valence-corrected chi connectivity index (χ1v) is 6.83. The Morgan fingerprint density at radius 1 is 1.12 bits per heavy atom. The van der Waals surface area contributed by atoms with Crippen LogP contribution >= 0.6 is 0 Å². The molecule has 1 atom stereocenters. The Hall–Kier alpha value is -0.220. The minimum absolute atomic E-state index is 0.109. The van der Waals surface area contributed by atoms with Crippen LogP contribution in [0.5, 0.6) is 0 Å². The van der Waals surface area contributed by atoms with Crippen LogP contribution in [0, 0.1) is 5.92 Å². The largest absolute Gasteiger partial charge is 0.300 e. The van der Waals surface area contributed by atoms with Gasteiger partial charge >= 0.3 is 0 Å². The number of rotatable bonds is 3. The molecule has 0 spiro atoms. The van der Waals surface area contributed by atoms with Crippen LogP contribution in [0.3, 0.4) is 0 Å². The molecule has 0 amide bonds. The van der Waals surface area contributed by atoms with Gasteiger partial charge in [0.15, 0.2) is 0 Å². The van der Waals surface area contributed by atoms with E-state index < -0.39 is 5.92 Å². The molecule has 0 N–H and O–H groups in total. The van der Waals surface area contributed by atoms with Crippen LogP contribution < -0.4 is 0 Å². The lowest BCUT2D eigenvalue weighted by atomic mass is 10.2. The van der Waals surface area contributed by atoms with Gasteiger partial charge in [-0.1, -0.05) is 13.8 Å². The number of hydrogen-bond acceptors (Lipinski definition) is 2. The number of piperazine rings is 1. The monoisotopic (exact) mass is 248 g/mol. The van der Waals surface area contributed by atoms with Gasteiger partial charge in [0.1, 0.15) is 0 Å². The molecule has 2 fully saturated rings. The minimum atomic E-state index is -2.35. The van der Waals surface area contributed by atoms with E-state index in [2.05, 4.69) is 23.6 Å². The summed E-state index contributed by atoms with van der Waals surface area (Å²) in [7, 11) is 0. The second kappa shape index (κ2) is 6.10. The third-order valence-electron chi connectivity index (χ3n) is 3.57. The Morgan fingerprint density at radius 2 is 1.59 bits per heavy atom. The van der Waals surface area contributed by atoms with Crippen LogP contribution in [-0.4, -0.2) is 54.5 Å². The molecule has 1 saturated carbocycles. The lowest BCUT2D eigenvalue weighted by Crippen LogP contribution is -2.49. The Kier molecular flexibility index (Phi) is 5.32. The maximum absolute atomic E-state index is 12.7. The molecular weight excluding hydrogens is 222 g/mol. The quantitative estimate of drug-likeness (QED) is 0.757. The van der Waals surface area contributed by atoms with Crippen molar-refractivity contribution in [2.24, 2.45) is 5.92 Å². The van der Waals surface area contributed by atoms with Crippen molar-refractivity contribution in [3.8, 4) is 0 Å². The van der Waals surface area contributed by atoms with Crippen LogP contribution in [0.1, 0.15) is 34.1 Å². The molecule has 4 heteroatoms. The first kappa shape index (κ1) is 14.8. The number of nitrogens with zero attached hydrogens (tertiary/aromatic N) is 2. The Bertz CT molecular complexity index is 223. The lowest BCUT2D eigenvalue weighted by molar-refractivity contribution is 0.0675. The third kappa shape index (κ3) is 4.18. The zero-order valence-corrected chi connectivity index (χ0v) is 11.5. The van der Waals surface area contributed by atoms with E-state index in [4.69, 9.17) is 0 Å².